The second-order valence-electron chi connectivity index (χ2n) is 4.15. The normalized spacial score (nSPS) is 12.2. The van der Waals surface area contributed by atoms with E-state index in [0.29, 0.717) is 19.6 Å². The van der Waals surface area contributed by atoms with Gasteiger partial charge in [0.1, 0.15) is 5.92 Å². The van der Waals surface area contributed by atoms with Crippen molar-refractivity contribution in [1.82, 2.24) is 4.90 Å². The van der Waals surface area contributed by atoms with Crippen LogP contribution in [0.4, 0.5) is 0 Å². The van der Waals surface area contributed by atoms with Crippen molar-refractivity contribution in [2.45, 2.75) is 39.7 Å². The summed E-state index contributed by atoms with van der Waals surface area (Å²) in [5, 5.41) is 8.86. The van der Waals surface area contributed by atoms with Crippen LogP contribution in [-0.2, 0) is 9.53 Å². The molecule has 4 heteroatoms. The Hall–Kier alpha value is -1.08. The maximum Gasteiger partial charge on any atom is 0.239 e. The van der Waals surface area contributed by atoms with Gasteiger partial charge in [-0.15, -0.1) is 0 Å². The molecule has 0 bridgehead atoms. The second kappa shape index (κ2) is 8.12. The largest absolute Gasteiger partial charge is 0.377 e. The van der Waals surface area contributed by atoms with Crippen molar-refractivity contribution in [3.05, 3.63) is 0 Å². The molecule has 0 aliphatic heterocycles. The summed E-state index contributed by atoms with van der Waals surface area (Å²) in [6.45, 7) is 6.94. The van der Waals surface area contributed by atoms with Crippen molar-refractivity contribution in [3.8, 4) is 6.07 Å². The van der Waals surface area contributed by atoms with Crippen LogP contribution in [0.5, 0.6) is 0 Å². The minimum Gasteiger partial charge on any atom is -0.377 e. The number of likely N-dealkylation sites (N-methyl/N-ethyl adjacent to an activating group) is 1. The Morgan fingerprint density at radius 2 is 2.12 bits per heavy atom. The number of nitrogens with zero attached hydrogens (tertiary/aromatic N) is 2. The van der Waals surface area contributed by atoms with Gasteiger partial charge in [-0.05, 0) is 20.3 Å². The van der Waals surface area contributed by atoms with E-state index in [1.807, 2.05) is 20.8 Å². The predicted octanol–water partition coefficient (Wildman–Crippen LogP) is 1.81. The van der Waals surface area contributed by atoms with E-state index >= 15 is 0 Å². The average molecular weight is 226 g/mol. The fourth-order valence-electron chi connectivity index (χ4n) is 1.33. The van der Waals surface area contributed by atoms with Crippen molar-refractivity contribution < 1.29 is 9.53 Å². The Kier molecular flexibility index (Phi) is 7.57. The van der Waals surface area contributed by atoms with Crippen LogP contribution in [0.2, 0.25) is 0 Å². The third-order valence-corrected chi connectivity index (χ3v) is 2.29. The minimum atomic E-state index is -0.506. The van der Waals surface area contributed by atoms with Gasteiger partial charge in [0.2, 0.25) is 5.91 Å². The van der Waals surface area contributed by atoms with Crippen LogP contribution in [0.25, 0.3) is 0 Å². The van der Waals surface area contributed by atoms with Gasteiger partial charge in [-0.1, -0.05) is 13.3 Å². The van der Waals surface area contributed by atoms with E-state index in [2.05, 4.69) is 6.07 Å². The minimum absolute atomic E-state index is 0.100. The fraction of sp³-hybridized carbons (Fsp3) is 0.833. The summed E-state index contributed by atoms with van der Waals surface area (Å²) >= 11 is 0. The lowest BCUT2D eigenvalue weighted by molar-refractivity contribution is -0.133. The molecule has 0 fully saturated rings. The number of ether oxygens (including phenoxy) is 1. The van der Waals surface area contributed by atoms with Gasteiger partial charge in [0, 0.05) is 13.6 Å². The van der Waals surface area contributed by atoms with Crippen molar-refractivity contribution in [3.63, 3.8) is 0 Å². The molecule has 0 heterocycles. The molecule has 1 atom stereocenters. The van der Waals surface area contributed by atoms with Gasteiger partial charge in [-0.3, -0.25) is 4.79 Å². The molecule has 0 radical (unpaired) electrons. The van der Waals surface area contributed by atoms with Crippen LogP contribution in [0.15, 0.2) is 0 Å². The van der Waals surface area contributed by atoms with Crippen molar-refractivity contribution >= 4 is 5.91 Å². The molecule has 0 saturated carbocycles. The first-order valence-electron chi connectivity index (χ1n) is 5.79. The lowest BCUT2D eigenvalue weighted by atomic mass is 10.0. The Bertz CT molecular complexity index is 246. The summed E-state index contributed by atoms with van der Waals surface area (Å²) in [7, 11) is 1.71. The summed E-state index contributed by atoms with van der Waals surface area (Å²) in [4.78, 5) is 13.4. The fourth-order valence-corrected chi connectivity index (χ4v) is 1.33. The van der Waals surface area contributed by atoms with E-state index in [1.54, 1.807) is 11.9 Å². The summed E-state index contributed by atoms with van der Waals surface area (Å²) < 4.78 is 5.36. The molecule has 0 rings (SSSR count). The van der Waals surface area contributed by atoms with Crippen LogP contribution in [0.1, 0.15) is 33.6 Å². The number of carbonyl (C=O) groups excluding carboxylic acids is 1. The van der Waals surface area contributed by atoms with Crippen LogP contribution in [0, 0.1) is 17.2 Å². The predicted molar refractivity (Wildman–Crippen MR) is 62.7 cm³/mol. The number of rotatable bonds is 7. The zero-order valence-corrected chi connectivity index (χ0v) is 10.7. The topological polar surface area (TPSA) is 53.3 Å². The molecule has 1 amide bonds. The Morgan fingerprint density at radius 3 is 2.56 bits per heavy atom. The number of hydrogen-bond donors (Lipinski definition) is 0. The highest BCUT2D eigenvalue weighted by atomic mass is 16.5. The molecule has 0 aromatic rings. The second-order valence-corrected chi connectivity index (χ2v) is 4.15. The molecule has 16 heavy (non-hydrogen) atoms. The molecule has 0 spiro atoms. The lowest BCUT2D eigenvalue weighted by Crippen LogP contribution is -2.35. The average Bonchev–Trinajstić information content (AvgIpc) is 2.24. The van der Waals surface area contributed by atoms with Crippen molar-refractivity contribution in [1.29, 1.82) is 5.26 Å². The Labute approximate surface area is 98.2 Å². The van der Waals surface area contributed by atoms with Crippen molar-refractivity contribution in [2.24, 2.45) is 5.92 Å². The van der Waals surface area contributed by atoms with E-state index in [0.717, 1.165) is 6.42 Å². The van der Waals surface area contributed by atoms with E-state index in [-0.39, 0.29) is 12.0 Å². The van der Waals surface area contributed by atoms with Gasteiger partial charge in [0.15, 0.2) is 0 Å². The maximum absolute atomic E-state index is 11.8. The molecule has 0 aromatic carbocycles. The van der Waals surface area contributed by atoms with Crippen LogP contribution in [-0.4, -0.2) is 37.1 Å². The molecule has 92 valence electrons. The Balaban J connectivity index is 4.01. The van der Waals surface area contributed by atoms with Crippen LogP contribution in [0.3, 0.4) is 0 Å². The molecular formula is C12H22N2O2. The van der Waals surface area contributed by atoms with Gasteiger partial charge in [0.05, 0.1) is 18.8 Å². The number of nitriles is 1. The SMILES string of the molecule is CCCC(C#N)C(=O)N(C)CCOC(C)C. The van der Waals surface area contributed by atoms with Crippen LogP contribution >= 0.6 is 0 Å². The molecule has 4 nitrogen and oxygen atoms in total. The maximum atomic E-state index is 11.8. The highest BCUT2D eigenvalue weighted by Gasteiger charge is 2.20. The number of carbonyl (C=O) groups is 1. The number of amides is 1. The van der Waals surface area contributed by atoms with E-state index in [4.69, 9.17) is 10.00 Å². The van der Waals surface area contributed by atoms with Crippen LogP contribution < -0.4 is 0 Å². The molecule has 0 aliphatic rings. The first kappa shape index (κ1) is 14.9. The first-order valence-corrected chi connectivity index (χ1v) is 5.79. The Morgan fingerprint density at radius 1 is 1.50 bits per heavy atom. The van der Waals surface area contributed by atoms with Gasteiger partial charge >= 0.3 is 0 Å². The smallest absolute Gasteiger partial charge is 0.239 e. The van der Waals surface area contributed by atoms with Gasteiger partial charge < -0.3 is 9.64 Å². The monoisotopic (exact) mass is 226 g/mol. The summed E-state index contributed by atoms with van der Waals surface area (Å²) in [5.41, 5.74) is 0. The van der Waals surface area contributed by atoms with E-state index < -0.39 is 5.92 Å². The lowest BCUT2D eigenvalue weighted by Gasteiger charge is -2.20. The standard InChI is InChI=1S/C12H22N2O2/c1-5-6-11(9-13)12(15)14(4)7-8-16-10(2)3/h10-11H,5-8H2,1-4H3. The van der Waals surface area contributed by atoms with Gasteiger partial charge in [-0.2, -0.15) is 5.26 Å². The zero-order valence-electron chi connectivity index (χ0n) is 10.7. The molecule has 0 aromatic heterocycles. The van der Waals surface area contributed by atoms with Gasteiger partial charge in [0.25, 0.3) is 0 Å². The van der Waals surface area contributed by atoms with Crippen molar-refractivity contribution in [2.75, 3.05) is 20.2 Å². The molecule has 0 saturated heterocycles. The first-order chi connectivity index (χ1) is 7.52. The third kappa shape index (κ3) is 5.72. The highest BCUT2D eigenvalue weighted by molar-refractivity contribution is 5.80. The van der Waals surface area contributed by atoms with E-state index in [9.17, 15) is 4.79 Å². The van der Waals surface area contributed by atoms with E-state index in [1.165, 1.54) is 0 Å². The molecule has 1 unspecified atom stereocenters. The quantitative estimate of drug-likeness (QED) is 0.665. The molecular weight excluding hydrogens is 204 g/mol. The zero-order chi connectivity index (χ0) is 12.6. The van der Waals surface area contributed by atoms with Gasteiger partial charge in [-0.25, -0.2) is 0 Å². The summed E-state index contributed by atoms with van der Waals surface area (Å²) in [6, 6.07) is 2.05. The highest BCUT2D eigenvalue weighted by Crippen LogP contribution is 2.08. The molecule has 0 N–H and O–H groups in total. The third-order valence-electron chi connectivity index (χ3n) is 2.29. The molecule has 0 aliphatic carbocycles. The summed E-state index contributed by atoms with van der Waals surface area (Å²) in [5.74, 6) is -0.606. The summed E-state index contributed by atoms with van der Waals surface area (Å²) in [6.07, 6.45) is 1.65. The number of hydrogen-bond acceptors (Lipinski definition) is 3.